The summed E-state index contributed by atoms with van der Waals surface area (Å²) in [6, 6.07) is 75.6. The first kappa shape index (κ1) is 36.7. The first-order chi connectivity index (χ1) is 30.7. The van der Waals surface area contributed by atoms with E-state index >= 15 is 0 Å². The maximum atomic E-state index is 5.14. The molecule has 6 nitrogen and oxygen atoms in total. The average molecular weight is 795 g/mol. The molecule has 1 aliphatic heterocycles. The molecule has 1 N–H and O–H groups in total. The van der Waals surface area contributed by atoms with Gasteiger partial charge in [-0.2, -0.15) is 0 Å². The third kappa shape index (κ3) is 6.99. The van der Waals surface area contributed by atoms with Gasteiger partial charge < -0.3 is 5.32 Å². The van der Waals surface area contributed by atoms with E-state index in [1.54, 1.807) is 0 Å². The zero-order chi connectivity index (χ0) is 41.2. The summed E-state index contributed by atoms with van der Waals surface area (Å²) < 4.78 is 0. The Labute approximate surface area is 359 Å². The van der Waals surface area contributed by atoms with Crippen LogP contribution in [0.25, 0.3) is 78.0 Å². The highest BCUT2D eigenvalue weighted by molar-refractivity contribution is 6.22. The fourth-order valence-corrected chi connectivity index (χ4v) is 8.38. The van der Waals surface area contributed by atoms with Gasteiger partial charge in [-0.15, -0.1) is 0 Å². The summed E-state index contributed by atoms with van der Waals surface area (Å²) in [4.78, 5) is 25.1. The third-order valence-electron chi connectivity index (χ3n) is 11.4. The fraction of sp³-hybridized carbons (Fsp3) is 0.0179. The van der Waals surface area contributed by atoms with Crippen LogP contribution in [-0.4, -0.2) is 26.6 Å². The lowest BCUT2D eigenvalue weighted by Crippen LogP contribution is -2.33. The molecule has 0 fully saturated rings. The zero-order valence-corrected chi connectivity index (χ0v) is 33.6. The van der Waals surface area contributed by atoms with Crippen molar-refractivity contribution in [2.24, 2.45) is 9.98 Å². The van der Waals surface area contributed by atoms with Crippen LogP contribution in [0.5, 0.6) is 0 Å². The lowest BCUT2D eigenvalue weighted by Gasteiger charge is -2.24. The molecule has 10 aromatic rings. The van der Waals surface area contributed by atoms with Gasteiger partial charge in [0.15, 0.2) is 23.3 Å². The molecule has 292 valence electrons. The summed E-state index contributed by atoms with van der Waals surface area (Å²) in [5, 5.41) is 8.35. The largest absolute Gasteiger partial charge is 0.344 e. The molecule has 0 saturated carbocycles. The molecule has 1 atom stereocenters. The molecule has 0 spiro atoms. The minimum atomic E-state index is -0.273. The van der Waals surface area contributed by atoms with Crippen molar-refractivity contribution in [2.75, 3.05) is 0 Å². The maximum absolute atomic E-state index is 5.14. The topological polar surface area (TPSA) is 75.4 Å². The highest BCUT2D eigenvalue weighted by Gasteiger charge is 2.22. The van der Waals surface area contributed by atoms with E-state index in [0.29, 0.717) is 23.3 Å². The van der Waals surface area contributed by atoms with Gasteiger partial charge in [0.2, 0.25) is 0 Å². The van der Waals surface area contributed by atoms with Crippen LogP contribution in [-0.2, 0) is 0 Å². The van der Waals surface area contributed by atoms with Crippen molar-refractivity contribution in [3.05, 3.63) is 235 Å². The number of fused-ring (bicyclic) bond motifs is 3. The van der Waals surface area contributed by atoms with Crippen molar-refractivity contribution < 1.29 is 0 Å². The lowest BCUT2D eigenvalue weighted by atomic mass is 9.84. The number of aromatic nitrogens is 3. The Morgan fingerprint density at radius 3 is 1.13 bits per heavy atom. The lowest BCUT2D eigenvalue weighted by molar-refractivity contribution is 0.674. The van der Waals surface area contributed by atoms with Crippen LogP contribution in [0.4, 0.5) is 0 Å². The summed E-state index contributed by atoms with van der Waals surface area (Å²) >= 11 is 0. The maximum Gasteiger partial charge on any atom is 0.164 e. The van der Waals surface area contributed by atoms with E-state index in [1.807, 2.05) is 97.1 Å². The number of hydrogen-bond acceptors (Lipinski definition) is 6. The van der Waals surface area contributed by atoms with Crippen LogP contribution in [0.3, 0.4) is 0 Å². The van der Waals surface area contributed by atoms with Crippen molar-refractivity contribution in [1.82, 2.24) is 20.3 Å². The Bertz CT molecular complexity index is 3220. The Morgan fingerprint density at radius 1 is 0.306 bits per heavy atom. The van der Waals surface area contributed by atoms with Gasteiger partial charge in [-0.1, -0.05) is 218 Å². The first-order valence-electron chi connectivity index (χ1n) is 20.8. The highest BCUT2D eigenvalue weighted by atomic mass is 15.2. The SMILES string of the molecule is c1ccc(C2=NC(c3ccc(-c4c(-c5ccc(-c6nc(-c7ccccc7)nc(-c7ccccc7)n6)cc5)c5ccccc5c5ccccc45)cc3)=NC(c3ccccc3)N2)cc1. The summed E-state index contributed by atoms with van der Waals surface area (Å²) in [6.45, 7) is 0. The standard InChI is InChI=1S/C56H38N6/c1-5-17-39(18-6-1)51-57-52(40-19-7-2-8-20-40)60-55(59-51)43-33-29-37(30-34-43)49-47-27-15-13-25-45(47)46-26-14-16-28-48(46)50(49)38-31-35-44(36-32-38)56-61-53(41-21-9-3-10-22-41)58-54(62-56)42-23-11-4-12-24-42/h1-36,51H,(H,57,59,60). The van der Waals surface area contributed by atoms with Gasteiger partial charge in [-0.05, 0) is 49.4 Å². The molecule has 1 unspecified atom stereocenters. The second kappa shape index (κ2) is 16.0. The fourth-order valence-electron chi connectivity index (χ4n) is 8.38. The second-order valence-corrected chi connectivity index (χ2v) is 15.3. The van der Waals surface area contributed by atoms with Crippen LogP contribution in [0, 0.1) is 0 Å². The summed E-state index contributed by atoms with van der Waals surface area (Å²) in [7, 11) is 0. The molecule has 0 amide bonds. The average Bonchev–Trinajstić information content (AvgIpc) is 3.37. The molecule has 6 heteroatoms. The zero-order valence-electron chi connectivity index (χ0n) is 33.6. The molecule has 0 saturated heterocycles. The predicted octanol–water partition coefficient (Wildman–Crippen LogP) is 13.0. The van der Waals surface area contributed by atoms with Gasteiger partial charge in [0.25, 0.3) is 0 Å². The van der Waals surface area contributed by atoms with E-state index in [9.17, 15) is 0 Å². The van der Waals surface area contributed by atoms with Gasteiger partial charge in [-0.25, -0.2) is 24.9 Å². The van der Waals surface area contributed by atoms with E-state index in [0.717, 1.165) is 55.9 Å². The second-order valence-electron chi connectivity index (χ2n) is 15.3. The minimum Gasteiger partial charge on any atom is -0.344 e. The van der Waals surface area contributed by atoms with Gasteiger partial charge >= 0.3 is 0 Å². The predicted molar refractivity (Wildman–Crippen MR) is 254 cm³/mol. The quantitative estimate of drug-likeness (QED) is 0.155. The molecular formula is C56H38N6. The van der Waals surface area contributed by atoms with Crippen molar-refractivity contribution in [2.45, 2.75) is 6.17 Å². The van der Waals surface area contributed by atoms with E-state index in [1.165, 1.54) is 27.1 Å². The Balaban J connectivity index is 1.03. The van der Waals surface area contributed by atoms with Crippen LogP contribution < -0.4 is 5.32 Å². The van der Waals surface area contributed by atoms with E-state index in [2.05, 4.69) is 127 Å². The molecule has 62 heavy (non-hydrogen) atoms. The molecule has 1 aliphatic rings. The number of benzene rings is 9. The molecule has 0 bridgehead atoms. The van der Waals surface area contributed by atoms with E-state index < -0.39 is 0 Å². The normalized spacial score (nSPS) is 13.6. The smallest absolute Gasteiger partial charge is 0.164 e. The van der Waals surface area contributed by atoms with Crippen molar-refractivity contribution >= 4 is 33.2 Å². The summed E-state index contributed by atoms with van der Waals surface area (Å²) in [6.07, 6.45) is -0.273. The number of hydrogen-bond donors (Lipinski definition) is 1. The molecule has 0 aliphatic carbocycles. The van der Waals surface area contributed by atoms with Crippen LogP contribution in [0.2, 0.25) is 0 Å². The molecule has 9 aromatic carbocycles. The van der Waals surface area contributed by atoms with E-state index in [4.69, 9.17) is 24.9 Å². The third-order valence-corrected chi connectivity index (χ3v) is 11.4. The molecule has 0 radical (unpaired) electrons. The summed E-state index contributed by atoms with van der Waals surface area (Å²) in [5.41, 5.74) is 10.4. The van der Waals surface area contributed by atoms with Crippen molar-refractivity contribution in [3.8, 4) is 56.4 Å². The van der Waals surface area contributed by atoms with Crippen molar-refractivity contribution in [3.63, 3.8) is 0 Å². The monoisotopic (exact) mass is 794 g/mol. The van der Waals surface area contributed by atoms with Gasteiger partial charge in [0.05, 0.1) is 0 Å². The number of rotatable bonds is 8. The van der Waals surface area contributed by atoms with Gasteiger partial charge in [-0.3, -0.25) is 0 Å². The molecular weight excluding hydrogens is 757 g/mol. The van der Waals surface area contributed by atoms with Crippen LogP contribution in [0.15, 0.2) is 228 Å². The summed E-state index contributed by atoms with van der Waals surface area (Å²) in [5.74, 6) is 3.38. The van der Waals surface area contributed by atoms with Gasteiger partial charge in [0, 0.05) is 27.8 Å². The van der Waals surface area contributed by atoms with E-state index in [-0.39, 0.29) is 6.17 Å². The van der Waals surface area contributed by atoms with Gasteiger partial charge in [0.1, 0.15) is 12.0 Å². The van der Waals surface area contributed by atoms with Crippen molar-refractivity contribution in [1.29, 1.82) is 0 Å². The molecule has 2 heterocycles. The molecule has 1 aromatic heterocycles. The number of nitrogens with zero attached hydrogens (tertiary/aromatic N) is 5. The number of aliphatic imine (C=N–C) groups is 2. The Morgan fingerprint density at radius 2 is 0.661 bits per heavy atom. The highest BCUT2D eigenvalue weighted by Crippen LogP contribution is 2.45. The minimum absolute atomic E-state index is 0.273. The Kier molecular flexibility index (Phi) is 9.48. The number of amidine groups is 2. The molecule has 11 rings (SSSR count). The van der Waals surface area contributed by atoms with Crippen LogP contribution in [0.1, 0.15) is 22.9 Å². The van der Waals surface area contributed by atoms with Crippen LogP contribution >= 0.6 is 0 Å². The Hall–Kier alpha value is -8.35. The number of nitrogens with one attached hydrogen (secondary N) is 1. The first-order valence-corrected chi connectivity index (χ1v) is 20.8.